The zero-order chi connectivity index (χ0) is 14.0. The summed E-state index contributed by atoms with van der Waals surface area (Å²) in [5.74, 6) is -0.466. The van der Waals surface area contributed by atoms with Crippen LogP contribution in [0.2, 0.25) is 10.0 Å². The lowest BCUT2D eigenvalue weighted by Crippen LogP contribution is -2.13. The van der Waals surface area contributed by atoms with Crippen molar-refractivity contribution in [2.24, 2.45) is 0 Å². The summed E-state index contributed by atoms with van der Waals surface area (Å²) >= 11 is 11.9. The van der Waals surface area contributed by atoms with Crippen LogP contribution in [0.5, 0.6) is 5.75 Å². The van der Waals surface area contributed by atoms with E-state index in [-0.39, 0.29) is 21.4 Å². The van der Waals surface area contributed by atoms with Gasteiger partial charge in [-0.2, -0.15) is 0 Å². The zero-order valence-electron chi connectivity index (χ0n) is 10.1. The molecule has 0 fully saturated rings. The van der Waals surface area contributed by atoms with Gasteiger partial charge in [-0.25, -0.2) is 0 Å². The van der Waals surface area contributed by atoms with E-state index in [0.29, 0.717) is 5.69 Å². The van der Waals surface area contributed by atoms with E-state index in [2.05, 4.69) is 5.32 Å². The van der Waals surface area contributed by atoms with Gasteiger partial charge in [-0.1, -0.05) is 35.3 Å². The molecule has 0 aliphatic carbocycles. The standard InChI is InChI=1S/C14H11Cl2NO2/c1-8-5-6-11(12(18)7-8)17-14(19)13-9(15)3-2-4-10(13)16/h2-7,18H,1H3,(H,17,19). The third kappa shape index (κ3) is 3.00. The van der Waals surface area contributed by atoms with Crippen molar-refractivity contribution >= 4 is 34.8 Å². The number of carbonyl (C=O) groups is 1. The average molecular weight is 296 g/mol. The van der Waals surface area contributed by atoms with Crippen LogP contribution >= 0.6 is 23.2 Å². The lowest BCUT2D eigenvalue weighted by atomic mass is 10.1. The summed E-state index contributed by atoms with van der Waals surface area (Å²) in [6.07, 6.45) is 0. The Labute approximate surface area is 120 Å². The van der Waals surface area contributed by atoms with Crippen LogP contribution in [0, 0.1) is 6.92 Å². The Bertz CT molecular complexity index is 621. The van der Waals surface area contributed by atoms with E-state index < -0.39 is 5.91 Å². The summed E-state index contributed by atoms with van der Waals surface area (Å²) in [7, 11) is 0. The molecule has 5 heteroatoms. The number of amides is 1. The lowest BCUT2D eigenvalue weighted by Gasteiger charge is -2.10. The number of phenolic OH excluding ortho intramolecular Hbond substituents is 1. The van der Waals surface area contributed by atoms with Crippen LogP contribution in [-0.4, -0.2) is 11.0 Å². The van der Waals surface area contributed by atoms with Crippen LogP contribution in [0.15, 0.2) is 36.4 Å². The predicted octanol–water partition coefficient (Wildman–Crippen LogP) is 4.26. The van der Waals surface area contributed by atoms with Gasteiger partial charge in [0.1, 0.15) is 5.75 Å². The molecule has 0 aliphatic heterocycles. The number of hydrogen-bond acceptors (Lipinski definition) is 2. The monoisotopic (exact) mass is 295 g/mol. The summed E-state index contributed by atoms with van der Waals surface area (Å²) in [4.78, 5) is 12.1. The highest BCUT2D eigenvalue weighted by molar-refractivity contribution is 6.40. The number of benzene rings is 2. The van der Waals surface area contributed by atoms with E-state index in [0.717, 1.165) is 5.56 Å². The first-order chi connectivity index (χ1) is 8.99. The zero-order valence-corrected chi connectivity index (χ0v) is 11.6. The molecule has 1 amide bonds. The molecular formula is C14H11Cl2NO2. The second-order valence-corrected chi connectivity index (χ2v) is 4.89. The van der Waals surface area contributed by atoms with Crippen LogP contribution in [0.1, 0.15) is 15.9 Å². The summed E-state index contributed by atoms with van der Waals surface area (Å²) in [6, 6.07) is 9.78. The molecule has 0 aliphatic rings. The maximum absolute atomic E-state index is 12.1. The Hall–Kier alpha value is -1.71. The van der Waals surface area contributed by atoms with Gasteiger partial charge in [0.15, 0.2) is 0 Å². The van der Waals surface area contributed by atoms with Gasteiger partial charge in [0, 0.05) is 0 Å². The second-order valence-electron chi connectivity index (χ2n) is 4.07. The molecule has 0 aromatic heterocycles. The minimum Gasteiger partial charge on any atom is -0.506 e. The maximum atomic E-state index is 12.1. The number of aromatic hydroxyl groups is 1. The fourth-order valence-electron chi connectivity index (χ4n) is 1.65. The van der Waals surface area contributed by atoms with Crippen molar-refractivity contribution in [2.45, 2.75) is 6.92 Å². The molecule has 0 bridgehead atoms. The highest BCUT2D eigenvalue weighted by Crippen LogP contribution is 2.28. The van der Waals surface area contributed by atoms with Gasteiger partial charge >= 0.3 is 0 Å². The third-order valence-corrected chi connectivity index (χ3v) is 3.22. The van der Waals surface area contributed by atoms with Crippen molar-refractivity contribution < 1.29 is 9.90 Å². The SMILES string of the molecule is Cc1ccc(NC(=O)c2c(Cl)cccc2Cl)c(O)c1. The smallest absolute Gasteiger partial charge is 0.258 e. The normalized spacial score (nSPS) is 10.3. The Morgan fingerprint density at radius 2 is 1.79 bits per heavy atom. The van der Waals surface area contributed by atoms with Gasteiger partial charge in [0.2, 0.25) is 0 Å². The number of rotatable bonds is 2. The van der Waals surface area contributed by atoms with Gasteiger partial charge in [0.05, 0.1) is 21.3 Å². The molecule has 2 N–H and O–H groups in total. The molecule has 2 aromatic rings. The van der Waals surface area contributed by atoms with Gasteiger partial charge in [-0.3, -0.25) is 4.79 Å². The van der Waals surface area contributed by atoms with Crippen LogP contribution in [-0.2, 0) is 0 Å². The van der Waals surface area contributed by atoms with Crippen molar-refractivity contribution in [3.8, 4) is 5.75 Å². The second kappa shape index (κ2) is 5.51. The Morgan fingerprint density at radius 1 is 1.16 bits per heavy atom. The van der Waals surface area contributed by atoms with Crippen molar-refractivity contribution in [3.05, 3.63) is 57.6 Å². The van der Waals surface area contributed by atoms with E-state index >= 15 is 0 Å². The van der Waals surface area contributed by atoms with Crippen molar-refractivity contribution in [1.82, 2.24) is 0 Å². The number of anilines is 1. The maximum Gasteiger partial charge on any atom is 0.258 e. The Kier molecular flexibility index (Phi) is 3.98. The molecule has 0 heterocycles. The largest absolute Gasteiger partial charge is 0.506 e. The molecule has 2 rings (SSSR count). The van der Waals surface area contributed by atoms with Crippen LogP contribution in [0.4, 0.5) is 5.69 Å². The van der Waals surface area contributed by atoms with Crippen LogP contribution in [0.25, 0.3) is 0 Å². The number of carbonyl (C=O) groups excluding carboxylic acids is 1. The molecule has 0 spiro atoms. The molecule has 98 valence electrons. The predicted molar refractivity (Wildman–Crippen MR) is 77.3 cm³/mol. The molecule has 2 aromatic carbocycles. The quantitative estimate of drug-likeness (QED) is 0.813. The topological polar surface area (TPSA) is 49.3 Å². The molecule has 0 atom stereocenters. The fraction of sp³-hybridized carbons (Fsp3) is 0.0714. The summed E-state index contributed by atoms with van der Waals surface area (Å²) in [5.41, 5.74) is 1.39. The van der Waals surface area contributed by atoms with E-state index in [1.165, 1.54) is 0 Å². The summed E-state index contributed by atoms with van der Waals surface area (Å²) < 4.78 is 0. The number of phenols is 1. The van der Waals surface area contributed by atoms with E-state index in [1.54, 1.807) is 36.4 Å². The van der Waals surface area contributed by atoms with Gasteiger partial charge in [0.25, 0.3) is 5.91 Å². The van der Waals surface area contributed by atoms with E-state index in [1.807, 2.05) is 6.92 Å². The first-order valence-corrected chi connectivity index (χ1v) is 6.29. The molecule has 3 nitrogen and oxygen atoms in total. The number of aryl methyl sites for hydroxylation is 1. The third-order valence-electron chi connectivity index (χ3n) is 2.59. The number of nitrogens with one attached hydrogen (secondary N) is 1. The van der Waals surface area contributed by atoms with E-state index in [9.17, 15) is 9.90 Å². The lowest BCUT2D eigenvalue weighted by molar-refractivity contribution is 0.102. The number of hydrogen-bond donors (Lipinski definition) is 2. The summed E-state index contributed by atoms with van der Waals surface area (Å²) in [6.45, 7) is 1.84. The van der Waals surface area contributed by atoms with E-state index in [4.69, 9.17) is 23.2 Å². The highest BCUT2D eigenvalue weighted by Gasteiger charge is 2.15. The highest BCUT2D eigenvalue weighted by atomic mass is 35.5. The summed E-state index contributed by atoms with van der Waals surface area (Å²) in [5, 5.41) is 12.8. The van der Waals surface area contributed by atoms with Crippen molar-refractivity contribution in [2.75, 3.05) is 5.32 Å². The van der Waals surface area contributed by atoms with Gasteiger partial charge < -0.3 is 10.4 Å². The average Bonchev–Trinajstić information content (AvgIpc) is 2.32. The minimum absolute atomic E-state index is 0.00322. The van der Waals surface area contributed by atoms with Crippen molar-refractivity contribution in [1.29, 1.82) is 0 Å². The molecule has 0 saturated heterocycles. The van der Waals surface area contributed by atoms with Crippen molar-refractivity contribution in [3.63, 3.8) is 0 Å². The van der Waals surface area contributed by atoms with Crippen LogP contribution in [0.3, 0.4) is 0 Å². The molecule has 19 heavy (non-hydrogen) atoms. The van der Waals surface area contributed by atoms with Gasteiger partial charge in [-0.15, -0.1) is 0 Å². The minimum atomic E-state index is -0.463. The molecular weight excluding hydrogens is 285 g/mol. The molecule has 0 saturated carbocycles. The molecule has 0 radical (unpaired) electrons. The Balaban J connectivity index is 2.31. The first-order valence-electron chi connectivity index (χ1n) is 5.54. The van der Waals surface area contributed by atoms with Crippen LogP contribution < -0.4 is 5.32 Å². The van der Waals surface area contributed by atoms with Gasteiger partial charge in [-0.05, 0) is 36.8 Å². The number of halogens is 2. The first kappa shape index (κ1) is 13.7. The molecule has 0 unspecified atom stereocenters. The fourth-order valence-corrected chi connectivity index (χ4v) is 2.22. The Morgan fingerprint density at radius 3 is 2.37 bits per heavy atom.